The molecular formula is C25H26F2N4O2. The fourth-order valence-electron chi connectivity index (χ4n) is 4.42. The lowest BCUT2D eigenvalue weighted by Crippen LogP contribution is -2.18. The molecule has 1 amide bonds. The Balaban J connectivity index is 0.000000238. The number of ether oxygens (including phenoxy) is 1. The molecule has 6 rings (SSSR count). The van der Waals surface area contributed by atoms with Gasteiger partial charge in [-0.3, -0.25) is 14.5 Å². The molecule has 0 unspecified atom stereocenters. The number of hydrogen-bond acceptors (Lipinski definition) is 4. The minimum atomic E-state index is -0.707. The average molecular weight is 453 g/mol. The SMILES string of the molecule is CN1Cc2cc(C3CCOCC3)nc(-c3ccc(F)cc3F)c2C1=O.c1cnn(C2CC2)c1. The molecule has 3 aromatic rings. The van der Waals surface area contributed by atoms with Crippen LogP contribution in [0.1, 0.15) is 59.3 Å². The number of carbonyl (C=O) groups is 1. The summed E-state index contributed by atoms with van der Waals surface area (Å²) in [6, 6.07) is 8.04. The van der Waals surface area contributed by atoms with Gasteiger partial charge >= 0.3 is 0 Å². The number of carbonyl (C=O) groups excluding carboxylic acids is 1. The third-order valence-corrected chi connectivity index (χ3v) is 6.36. The molecule has 1 aliphatic carbocycles. The first-order chi connectivity index (χ1) is 16.0. The third-order valence-electron chi connectivity index (χ3n) is 6.36. The van der Waals surface area contributed by atoms with Crippen LogP contribution in [0.15, 0.2) is 42.7 Å². The van der Waals surface area contributed by atoms with E-state index >= 15 is 0 Å². The molecule has 2 aliphatic heterocycles. The van der Waals surface area contributed by atoms with Gasteiger partial charge in [-0.15, -0.1) is 0 Å². The van der Waals surface area contributed by atoms with Crippen LogP contribution in [0.3, 0.4) is 0 Å². The van der Waals surface area contributed by atoms with Crippen molar-refractivity contribution in [2.45, 2.75) is 44.2 Å². The molecule has 1 saturated carbocycles. The number of benzene rings is 1. The summed E-state index contributed by atoms with van der Waals surface area (Å²) in [7, 11) is 1.71. The predicted octanol–water partition coefficient (Wildman–Crippen LogP) is 4.72. The van der Waals surface area contributed by atoms with E-state index in [9.17, 15) is 13.6 Å². The molecule has 172 valence electrons. The number of aromatic nitrogens is 3. The number of nitrogens with zero attached hydrogens (tertiary/aromatic N) is 4. The first kappa shape index (κ1) is 21.7. The van der Waals surface area contributed by atoms with Gasteiger partial charge in [0.15, 0.2) is 0 Å². The van der Waals surface area contributed by atoms with E-state index in [1.54, 1.807) is 11.9 Å². The van der Waals surface area contributed by atoms with E-state index in [2.05, 4.69) is 10.1 Å². The molecule has 0 atom stereocenters. The Morgan fingerprint density at radius 3 is 2.55 bits per heavy atom. The Kier molecular flexibility index (Phi) is 5.93. The van der Waals surface area contributed by atoms with Crippen LogP contribution in [0, 0.1) is 11.6 Å². The van der Waals surface area contributed by atoms with E-state index < -0.39 is 11.6 Å². The molecule has 0 radical (unpaired) electrons. The molecule has 6 nitrogen and oxygen atoms in total. The van der Waals surface area contributed by atoms with Crippen LogP contribution < -0.4 is 0 Å². The molecule has 2 aromatic heterocycles. The number of amides is 1. The highest BCUT2D eigenvalue weighted by Gasteiger charge is 2.32. The van der Waals surface area contributed by atoms with E-state index in [-0.39, 0.29) is 17.4 Å². The van der Waals surface area contributed by atoms with Crippen LogP contribution in [0.4, 0.5) is 8.78 Å². The van der Waals surface area contributed by atoms with Crippen molar-refractivity contribution in [2.24, 2.45) is 0 Å². The quantitative estimate of drug-likeness (QED) is 0.577. The number of fused-ring (bicyclic) bond motifs is 1. The molecular weight excluding hydrogens is 426 g/mol. The van der Waals surface area contributed by atoms with Crippen LogP contribution in [-0.2, 0) is 11.3 Å². The van der Waals surface area contributed by atoms with Gasteiger partial charge in [0, 0.05) is 62.4 Å². The van der Waals surface area contributed by atoms with Gasteiger partial charge in [0.2, 0.25) is 0 Å². The third kappa shape index (κ3) is 4.53. The number of hydrogen-bond donors (Lipinski definition) is 0. The zero-order chi connectivity index (χ0) is 22.9. The molecule has 1 aromatic carbocycles. The van der Waals surface area contributed by atoms with E-state index in [1.807, 2.05) is 29.2 Å². The smallest absolute Gasteiger partial charge is 0.256 e. The molecule has 1 saturated heterocycles. The van der Waals surface area contributed by atoms with Crippen molar-refractivity contribution < 1.29 is 18.3 Å². The maximum absolute atomic E-state index is 14.4. The summed E-state index contributed by atoms with van der Waals surface area (Å²) in [5, 5.41) is 4.09. The summed E-state index contributed by atoms with van der Waals surface area (Å²) in [6.45, 7) is 1.81. The van der Waals surface area contributed by atoms with Crippen molar-refractivity contribution in [3.63, 3.8) is 0 Å². The Morgan fingerprint density at radius 1 is 1.09 bits per heavy atom. The fraction of sp³-hybridized carbons (Fsp3) is 0.400. The highest BCUT2D eigenvalue weighted by atomic mass is 19.1. The molecule has 0 spiro atoms. The van der Waals surface area contributed by atoms with Crippen LogP contribution in [0.2, 0.25) is 0 Å². The molecule has 8 heteroatoms. The summed E-state index contributed by atoms with van der Waals surface area (Å²) < 4.78 is 35.1. The molecule has 2 fully saturated rings. The molecule has 3 aliphatic rings. The highest BCUT2D eigenvalue weighted by Crippen LogP contribution is 2.36. The predicted molar refractivity (Wildman–Crippen MR) is 119 cm³/mol. The fourth-order valence-corrected chi connectivity index (χ4v) is 4.42. The lowest BCUT2D eigenvalue weighted by molar-refractivity contribution is 0.0816. The van der Waals surface area contributed by atoms with E-state index in [0.29, 0.717) is 31.0 Å². The number of halogens is 2. The summed E-state index contributed by atoms with van der Waals surface area (Å²) in [6.07, 6.45) is 8.20. The van der Waals surface area contributed by atoms with Crippen molar-refractivity contribution in [1.29, 1.82) is 0 Å². The van der Waals surface area contributed by atoms with Crippen molar-refractivity contribution in [1.82, 2.24) is 19.7 Å². The van der Waals surface area contributed by atoms with Crippen molar-refractivity contribution >= 4 is 5.91 Å². The number of rotatable bonds is 3. The normalized spacial score (nSPS) is 18.2. The van der Waals surface area contributed by atoms with E-state index in [4.69, 9.17) is 4.74 Å². The maximum atomic E-state index is 14.4. The largest absolute Gasteiger partial charge is 0.381 e. The molecule has 0 N–H and O–H groups in total. The van der Waals surface area contributed by atoms with Gasteiger partial charge in [-0.25, -0.2) is 8.78 Å². The summed E-state index contributed by atoms with van der Waals surface area (Å²) in [5.41, 5.74) is 2.59. The van der Waals surface area contributed by atoms with Crippen LogP contribution >= 0.6 is 0 Å². The summed E-state index contributed by atoms with van der Waals surface area (Å²) in [4.78, 5) is 18.8. The van der Waals surface area contributed by atoms with Crippen LogP contribution in [0.25, 0.3) is 11.3 Å². The minimum Gasteiger partial charge on any atom is -0.381 e. The van der Waals surface area contributed by atoms with Crippen molar-refractivity contribution in [2.75, 3.05) is 20.3 Å². The Bertz CT molecular complexity index is 1160. The Hall–Kier alpha value is -3.13. The topological polar surface area (TPSA) is 60.2 Å². The van der Waals surface area contributed by atoms with Gasteiger partial charge < -0.3 is 9.64 Å². The van der Waals surface area contributed by atoms with Crippen molar-refractivity contribution in [3.8, 4) is 11.3 Å². The summed E-state index contributed by atoms with van der Waals surface area (Å²) in [5.74, 6) is -1.31. The standard InChI is InChI=1S/C19H18F2N2O2.C6H8N2/c1-23-10-12-8-16(11-4-6-25-7-5-11)22-18(17(12)19(23)24)14-3-2-13(20)9-15(14)21;1-4-7-8(5-1)6-2-3-6/h2-3,8-9,11H,4-7,10H2,1H3;1,4-6H,2-3H2. The van der Waals surface area contributed by atoms with E-state index in [1.165, 1.54) is 25.0 Å². The first-order valence-corrected chi connectivity index (χ1v) is 11.3. The second kappa shape index (κ2) is 9.02. The first-order valence-electron chi connectivity index (χ1n) is 11.3. The van der Waals surface area contributed by atoms with Gasteiger partial charge in [0.1, 0.15) is 11.6 Å². The van der Waals surface area contributed by atoms with Gasteiger partial charge in [0.25, 0.3) is 5.91 Å². The van der Waals surface area contributed by atoms with Gasteiger partial charge in [-0.2, -0.15) is 5.10 Å². The summed E-state index contributed by atoms with van der Waals surface area (Å²) >= 11 is 0. The van der Waals surface area contributed by atoms with Crippen LogP contribution in [0.5, 0.6) is 0 Å². The maximum Gasteiger partial charge on any atom is 0.256 e. The Labute approximate surface area is 191 Å². The Morgan fingerprint density at radius 2 is 1.88 bits per heavy atom. The second-order valence-corrected chi connectivity index (χ2v) is 8.82. The lowest BCUT2D eigenvalue weighted by Gasteiger charge is -2.23. The molecule has 33 heavy (non-hydrogen) atoms. The van der Waals surface area contributed by atoms with E-state index in [0.717, 1.165) is 36.2 Å². The van der Waals surface area contributed by atoms with Gasteiger partial charge in [-0.05, 0) is 55.5 Å². The van der Waals surface area contributed by atoms with Gasteiger partial charge in [-0.1, -0.05) is 0 Å². The monoisotopic (exact) mass is 452 g/mol. The van der Waals surface area contributed by atoms with Crippen molar-refractivity contribution in [3.05, 3.63) is 71.2 Å². The lowest BCUT2D eigenvalue weighted by atomic mass is 9.92. The highest BCUT2D eigenvalue weighted by molar-refractivity contribution is 6.03. The molecule has 0 bridgehead atoms. The average Bonchev–Trinajstić information content (AvgIpc) is 3.44. The van der Waals surface area contributed by atoms with Gasteiger partial charge in [0.05, 0.1) is 17.3 Å². The zero-order valence-corrected chi connectivity index (χ0v) is 18.5. The molecule has 4 heterocycles. The number of pyridine rings is 1. The minimum absolute atomic E-state index is 0.162. The second-order valence-electron chi connectivity index (χ2n) is 8.82. The van der Waals surface area contributed by atoms with Crippen LogP contribution in [-0.4, -0.2) is 45.8 Å². The zero-order valence-electron chi connectivity index (χ0n) is 18.5.